The molecule has 4 atom stereocenters. The highest BCUT2D eigenvalue weighted by Crippen LogP contribution is 2.43. The van der Waals surface area contributed by atoms with Crippen LogP contribution in [0.3, 0.4) is 0 Å². The Kier molecular flexibility index (Phi) is 15.7. The lowest BCUT2D eigenvalue weighted by Gasteiger charge is -2.25. The Hall–Kier alpha value is -8.61. The number of rotatable bonds is 19. The monoisotopic (exact) mass is 1030 g/mol. The van der Waals surface area contributed by atoms with Crippen LogP contribution < -0.4 is 60.3 Å². The first kappa shape index (κ1) is 52.3. The molecule has 0 fully saturated rings. The van der Waals surface area contributed by atoms with E-state index in [1.54, 1.807) is 37.3 Å². The maximum absolute atomic E-state index is 14.3. The molecule has 5 N–H and O–H groups in total. The van der Waals surface area contributed by atoms with Crippen molar-refractivity contribution in [3.05, 3.63) is 124 Å². The first-order valence-corrected chi connectivity index (χ1v) is 25.5. The van der Waals surface area contributed by atoms with Gasteiger partial charge in [-0.25, -0.2) is 5.43 Å². The van der Waals surface area contributed by atoms with E-state index in [4.69, 9.17) is 18.9 Å². The number of hydrogen-bond donors (Lipinski definition) is 5. The number of anilines is 5. The standard InChI is InChI=1S/C57H63N9O10/c1-7-59-63-53(68)19-13-12-18-52(67)60-33(2)54(69)61-34(3)55(70)62-39-21-35(31-75-50-27-44-42(25-48(50)73-5)56(71)65-40(29-58-44)23-37-14-8-10-16-45(37)65)20-36(22-39)32-76-51-28-47-43(26-49(51)74-6)57(72)66-41(30-64(47)4)24-38-15-9-11-17-46(38)66/h7-11,14-17,20-22,25-28,33-34,40-41,58H,12-13,18-19,23-24,29-32H2,1-6H3,(H,60,67)(H,61,69)(H,62,70)(H,63,68)/t33-,34-,40-,41-/m0/s1. The van der Waals surface area contributed by atoms with Gasteiger partial charge in [0.2, 0.25) is 23.6 Å². The van der Waals surface area contributed by atoms with Gasteiger partial charge in [0.25, 0.3) is 11.8 Å². The zero-order chi connectivity index (χ0) is 53.6. The van der Waals surface area contributed by atoms with Gasteiger partial charge in [-0.05, 0) is 111 Å². The molecule has 5 aromatic carbocycles. The number of carbonyl (C=O) groups excluding carboxylic acids is 6. The van der Waals surface area contributed by atoms with Crippen molar-refractivity contribution in [1.29, 1.82) is 0 Å². The number of fused-ring (bicyclic) bond motifs is 8. The number of unbranched alkanes of at least 4 members (excludes halogenated alkanes) is 1. The van der Waals surface area contributed by atoms with Gasteiger partial charge in [0, 0.05) is 68.4 Å². The van der Waals surface area contributed by atoms with E-state index in [0.29, 0.717) is 88.2 Å². The summed E-state index contributed by atoms with van der Waals surface area (Å²) < 4.78 is 24.6. The van der Waals surface area contributed by atoms with Crippen LogP contribution in [0, 0.1) is 0 Å². The highest BCUT2D eigenvalue weighted by Gasteiger charge is 2.40. The Morgan fingerprint density at radius 3 is 1.89 bits per heavy atom. The van der Waals surface area contributed by atoms with Crippen molar-refractivity contribution in [3.63, 3.8) is 0 Å². The summed E-state index contributed by atoms with van der Waals surface area (Å²) in [4.78, 5) is 85.7. The van der Waals surface area contributed by atoms with Gasteiger partial charge in [-0.1, -0.05) is 36.4 Å². The largest absolute Gasteiger partial charge is 0.493 e. The lowest BCUT2D eigenvalue weighted by atomic mass is 10.1. The minimum Gasteiger partial charge on any atom is -0.493 e. The SMILES string of the molecule is CC=NNC(=O)CCCCC(=O)N[C@@H](C)C(=O)N[C@@H](C)C(=O)Nc1cc(COc2cc3c(cc2OC)C(=O)N2c4ccccc4C[C@H]2CN3)cc(COc2cc3c(cc2OC)C(=O)N2c4ccccc4C[C@H]2CN3C)c1. The van der Waals surface area contributed by atoms with E-state index < -0.39 is 23.9 Å². The highest BCUT2D eigenvalue weighted by molar-refractivity contribution is 6.13. The summed E-state index contributed by atoms with van der Waals surface area (Å²) in [6, 6.07) is 26.2. The van der Waals surface area contributed by atoms with Crippen molar-refractivity contribution < 1.29 is 47.7 Å². The molecule has 4 aliphatic heterocycles. The topological polar surface area (TPSA) is 222 Å². The second kappa shape index (κ2) is 22.9. The highest BCUT2D eigenvalue weighted by atomic mass is 16.5. The van der Waals surface area contributed by atoms with Crippen molar-refractivity contribution in [2.24, 2.45) is 5.10 Å². The van der Waals surface area contributed by atoms with Crippen molar-refractivity contribution in [3.8, 4) is 23.0 Å². The molecule has 4 aliphatic rings. The van der Waals surface area contributed by atoms with Crippen LogP contribution in [-0.4, -0.2) is 100 Å². The first-order chi connectivity index (χ1) is 36.7. The average Bonchev–Trinajstić information content (AvgIpc) is 3.96. The number of hydrogen-bond acceptors (Lipinski definition) is 13. The number of benzene rings is 5. The van der Waals surface area contributed by atoms with E-state index in [2.05, 4.69) is 42.8 Å². The van der Waals surface area contributed by atoms with Crippen LogP contribution in [0.5, 0.6) is 23.0 Å². The van der Waals surface area contributed by atoms with Gasteiger partial charge >= 0.3 is 0 Å². The van der Waals surface area contributed by atoms with E-state index in [0.717, 1.165) is 35.3 Å². The predicted octanol–water partition coefficient (Wildman–Crippen LogP) is 6.51. The number of nitrogens with one attached hydrogen (secondary N) is 5. The Bertz CT molecular complexity index is 3110. The van der Waals surface area contributed by atoms with Gasteiger partial charge < -0.3 is 54.9 Å². The summed E-state index contributed by atoms with van der Waals surface area (Å²) in [7, 11) is 5.00. The molecule has 9 rings (SSSR count). The number of ether oxygens (including phenoxy) is 4. The molecule has 76 heavy (non-hydrogen) atoms. The van der Waals surface area contributed by atoms with Crippen molar-refractivity contribution >= 4 is 70.1 Å². The predicted molar refractivity (Wildman–Crippen MR) is 289 cm³/mol. The summed E-state index contributed by atoms with van der Waals surface area (Å²) >= 11 is 0. The van der Waals surface area contributed by atoms with Gasteiger partial charge in [0.1, 0.15) is 25.3 Å². The molecule has 6 amide bonds. The summed E-state index contributed by atoms with van der Waals surface area (Å²) in [5, 5.41) is 15.4. The zero-order valence-electron chi connectivity index (χ0n) is 43.5. The normalized spacial score (nSPS) is 16.8. The van der Waals surface area contributed by atoms with E-state index in [-0.39, 0.29) is 61.8 Å². The maximum Gasteiger partial charge on any atom is 0.260 e. The lowest BCUT2D eigenvalue weighted by molar-refractivity contribution is -0.130. The fraction of sp³-hybridized carbons (Fsp3) is 0.351. The Labute approximate surface area is 441 Å². The van der Waals surface area contributed by atoms with Crippen molar-refractivity contribution in [2.45, 2.75) is 96.7 Å². The lowest BCUT2D eigenvalue weighted by Crippen LogP contribution is -2.50. The minimum absolute atomic E-state index is 0.00189. The van der Waals surface area contributed by atoms with Crippen LogP contribution in [-0.2, 0) is 45.2 Å². The van der Waals surface area contributed by atoms with Gasteiger partial charge in [-0.3, -0.25) is 28.8 Å². The minimum atomic E-state index is -1.02. The third-order valence-electron chi connectivity index (χ3n) is 14.1. The Balaban J connectivity index is 0.923. The van der Waals surface area contributed by atoms with E-state index in [1.165, 1.54) is 34.3 Å². The molecule has 0 aromatic heterocycles. The Morgan fingerprint density at radius 1 is 0.684 bits per heavy atom. The van der Waals surface area contributed by atoms with Crippen LogP contribution in [0.25, 0.3) is 0 Å². The summed E-state index contributed by atoms with van der Waals surface area (Å²) in [5.41, 5.74) is 10.3. The molecule has 0 saturated heterocycles. The summed E-state index contributed by atoms with van der Waals surface area (Å²) in [5.74, 6) is -0.463. The summed E-state index contributed by atoms with van der Waals surface area (Å²) in [6.45, 7) is 5.88. The van der Waals surface area contributed by atoms with E-state index >= 15 is 0 Å². The molecule has 4 heterocycles. The molecule has 5 aromatic rings. The average molecular weight is 1030 g/mol. The second-order valence-corrected chi connectivity index (χ2v) is 19.4. The number of carbonyl (C=O) groups is 6. The van der Waals surface area contributed by atoms with E-state index in [1.807, 2.05) is 71.4 Å². The molecule has 0 saturated carbocycles. The zero-order valence-corrected chi connectivity index (χ0v) is 43.5. The number of nitrogens with zero attached hydrogens (tertiary/aromatic N) is 4. The third kappa shape index (κ3) is 11.2. The van der Waals surface area contributed by atoms with Crippen LogP contribution in [0.2, 0.25) is 0 Å². The van der Waals surface area contributed by atoms with Gasteiger partial charge in [0.15, 0.2) is 23.0 Å². The molecule has 396 valence electrons. The molecule has 0 radical (unpaired) electrons. The Morgan fingerprint density at radius 2 is 1.25 bits per heavy atom. The molecule has 19 nitrogen and oxygen atoms in total. The van der Waals surface area contributed by atoms with E-state index in [9.17, 15) is 28.8 Å². The fourth-order valence-corrected chi connectivity index (χ4v) is 10.3. The van der Waals surface area contributed by atoms with Crippen LogP contribution in [0.15, 0.2) is 96.1 Å². The van der Waals surface area contributed by atoms with Crippen LogP contribution in [0.1, 0.15) is 89.4 Å². The molecular weight excluding hydrogens is 971 g/mol. The number of hydrazone groups is 1. The maximum atomic E-state index is 14.3. The smallest absolute Gasteiger partial charge is 0.260 e. The molecule has 0 bridgehead atoms. The number of methoxy groups -OCH3 is 2. The first-order valence-electron chi connectivity index (χ1n) is 25.5. The number of likely N-dealkylation sites (N-methyl/N-ethyl adjacent to an activating group) is 1. The second-order valence-electron chi connectivity index (χ2n) is 19.4. The molecule has 0 aliphatic carbocycles. The molecular formula is C57H63N9O10. The fourth-order valence-electron chi connectivity index (χ4n) is 10.3. The van der Waals surface area contributed by atoms with Crippen LogP contribution in [0.4, 0.5) is 28.4 Å². The molecule has 0 unspecified atom stereocenters. The van der Waals surface area contributed by atoms with Crippen molar-refractivity contribution in [1.82, 2.24) is 16.1 Å². The van der Waals surface area contributed by atoms with Gasteiger partial charge in [-0.2, -0.15) is 5.10 Å². The number of amides is 6. The van der Waals surface area contributed by atoms with Crippen LogP contribution >= 0.6 is 0 Å². The van der Waals surface area contributed by atoms with Crippen molar-refractivity contribution in [2.75, 3.05) is 59.7 Å². The number of para-hydroxylation sites is 2. The third-order valence-corrected chi connectivity index (χ3v) is 14.1. The van der Waals surface area contributed by atoms with Gasteiger partial charge in [-0.15, -0.1) is 0 Å². The molecule has 19 heteroatoms. The molecule has 0 spiro atoms. The quantitative estimate of drug-likeness (QED) is 0.0340. The van der Waals surface area contributed by atoms with Gasteiger partial charge in [0.05, 0.1) is 48.8 Å². The summed E-state index contributed by atoms with van der Waals surface area (Å²) in [6.07, 6.45) is 4.16.